The lowest BCUT2D eigenvalue weighted by molar-refractivity contribution is -0.182. The Balaban J connectivity index is 1.27. The van der Waals surface area contributed by atoms with E-state index in [0.717, 1.165) is 102 Å². The molecule has 1 aromatic rings. The minimum Gasteiger partial charge on any atom is -0.340 e. The van der Waals surface area contributed by atoms with Crippen LogP contribution in [0.5, 0.6) is 0 Å². The first kappa shape index (κ1) is 33.2. The van der Waals surface area contributed by atoms with Crippen molar-refractivity contribution < 1.29 is 9.59 Å². The molecule has 7 rings (SSSR count). The predicted octanol–water partition coefficient (Wildman–Crippen LogP) is 8.61. The normalized spacial score (nSPS) is 42.1. The molecule has 0 radical (unpaired) electrons. The molecule has 256 valence electrons. The third kappa shape index (κ3) is 4.82. The van der Waals surface area contributed by atoms with E-state index in [0.29, 0.717) is 29.4 Å². The molecule has 0 aromatic carbocycles. The lowest BCUT2D eigenvalue weighted by Crippen LogP contribution is -2.66. The molecule has 5 aliphatic carbocycles. The average Bonchev–Trinajstić information content (AvgIpc) is 3.04. The summed E-state index contributed by atoms with van der Waals surface area (Å²) in [5.74, 6) is 1.96. The van der Waals surface area contributed by atoms with E-state index in [1.165, 1.54) is 0 Å². The summed E-state index contributed by atoms with van der Waals surface area (Å²) in [5, 5.41) is 0. The molecule has 1 aliphatic heterocycles. The van der Waals surface area contributed by atoms with Crippen LogP contribution in [0.2, 0.25) is 0 Å². The van der Waals surface area contributed by atoms with Crippen molar-refractivity contribution in [3.8, 4) is 0 Å². The van der Waals surface area contributed by atoms with Crippen LogP contribution in [0.25, 0.3) is 6.08 Å². The Bertz CT molecular complexity index is 1480. The zero-order chi connectivity index (χ0) is 33.6. The zero-order valence-electron chi connectivity index (χ0n) is 30.8. The highest BCUT2D eigenvalue weighted by Crippen LogP contribution is 2.76. The number of fused-ring (bicyclic) bond motifs is 7. The second-order valence-corrected chi connectivity index (χ2v) is 18.7. The van der Waals surface area contributed by atoms with Crippen molar-refractivity contribution in [1.82, 2.24) is 14.8 Å². The number of aromatic nitrogens is 1. The topological polar surface area (TPSA) is 53.5 Å². The summed E-state index contributed by atoms with van der Waals surface area (Å²) < 4.78 is 0. The summed E-state index contributed by atoms with van der Waals surface area (Å²) in [6.07, 6.45) is 16.2. The van der Waals surface area contributed by atoms with Crippen molar-refractivity contribution in [2.75, 3.05) is 32.7 Å². The van der Waals surface area contributed by atoms with Gasteiger partial charge < -0.3 is 9.80 Å². The molecule has 6 aliphatic rings. The van der Waals surface area contributed by atoms with Crippen molar-refractivity contribution >= 4 is 17.8 Å². The van der Waals surface area contributed by atoms with Crippen LogP contribution in [0.4, 0.5) is 0 Å². The SMILES string of the molecule is CCN1CCN(C(=O)[C@]23CCC(C)(C)C[C@H]2C2=CC[C@@H]4[C@@]5(C)C/C(=C/c6ccccn6)C(=O)C(C)(C)[C@@H]5CC[C@@]4(C)[C@]2(C)CC3)CC1. The van der Waals surface area contributed by atoms with Crippen LogP contribution in [0, 0.1) is 50.2 Å². The van der Waals surface area contributed by atoms with Gasteiger partial charge in [0.25, 0.3) is 0 Å². The Morgan fingerprint density at radius 3 is 2.34 bits per heavy atom. The van der Waals surface area contributed by atoms with E-state index in [2.05, 4.69) is 82.3 Å². The van der Waals surface area contributed by atoms with Gasteiger partial charge in [0.1, 0.15) is 0 Å². The van der Waals surface area contributed by atoms with Gasteiger partial charge in [0, 0.05) is 37.8 Å². The fourth-order valence-electron chi connectivity index (χ4n) is 12.8. The van der Waals surface area contributed by atoms with E-state index in [4.69, 9.17) is 0 Å². The Morgan fingerprint density at radius 1 is 0.936 bits per heavy atom. The number of Topliss-reactive ketones (excluding diaryl/α,β-unsaturated/α-hetero) is 1. The van der Waals surface area contributed by atoms with Crippen LogP contribution < -0.4 is 0 Å². The molecular weight excluding hydrogens is 578 g/mol. The second kappa shape index (κ2) is 11.1. The van der Waals surface area contributed by atoms with Crippen molar-refractivity contribution in [1.29, 1.82) is 0 Å². The first-order valence-corrected chi connectivity index (χ1v) is 19.0. The number of ketones is 1. The standard InChI is InChI=1S/C42H61N3O2/c1-9-44-22-24-45(25-23-44)36(47)42-19-17-37(2,3)28-32(42)31-13-14-34-39(6)27-29(26-30-12-10-11-21-43-30)35(46)38(4,5)33(39)15-16-41(34,8)40(31,7)18-20-42/h10-13,21,26,32-34H,9,14-20,22-25,27-28H2,1-8H3/b29-26-/t32-,33-,34+,39-,40+,41+,42-/m0/s1. The second-order valence-electron chi connectivity index (χ2n) is 18.7. The van der Waals surface area contributed by atoms with Crippen LogP contribution in [0.3, 0.4) is 0 Å². The molecule has 5 nitrogen and oxygen atoms in total. The molecule has 7 atom stereocenters. The molecular formula is C42H61N3O2. The van der Waals surface area contributed by atoms with Crippen molar-refractivity contribution in [3.05, 3.63) is 47.3 Å². The third-order valence-corrected chi connectivity index (χ3v) is 15.8. The fourth-order valence-corrected chi connectivity index (χ4v) is 12.8. The number of carbonyl (C=O) groups excluding carboxylic acids is 2. The maximum Gasteiger partial charge on any atom is 0.229 e. The first-order valence-electron chi connectivity index (χ1n) is 19.0. The Labute approximate surface area is 285 Å². The lowest BCUT2D eigenvalue weighted by Gasteiger charge is -2.71. The van der Waals surface area contributed by atoms with Crippen molar-refractivity contribution in [2.24, 2.45) is 50.2 Å². The maximum atomic E-state index is 14.8. The summed E-state index contributed by atoms with van der Waals surface area (Å²) in [6.45, 7) is 24.2. The molecule has 5 heteroatoms. The molecule has 47 heavy (non-hydrogen) atoms. The summed E-state index contributed by atoms with van der Waals surface area (Å²) in [4.78, 5) is 38.3. The molecule has 0 N–H and O–H groups in total. The minimum absolute atomic E-state index is 0.0191. The van der Waals surface area contributed by atoms with Gasteiger partial charge in [-0.25, -0.2) is 0 Å². The summed E-state index contributed by atoms with van der Waals surface area (Å²) >= 11 is 0. The molecule has 0 unspecified atom stereocenters. The van der Waals surface area contributed by atoms with E-state index >= 15 is 0 Å². The molecule has 0 spiro atoms. The van der Waals surface area contributed by atoms with Gasteiger partial charge in [-0.15, -0.1) is 0 Å². The van der Waals surface area contributed by atoms with Gasteiger partial charge in [-0.05, 0) is 128 Å². The summed E-state index contributed by atoms with van der Waals surface area (Å²) in [5.41, 5.74) is 3.27. The Hall–Kier alpha value is -2.27. The van der Waals surface area contributed by atoms with Gasteiger partial charge >= 0.3 is 0 Å². The highest BCUT2D eigenvalue weighted by Gasteiger charge is 2.69. The van der Waals surface area contributed by atoms with E-state index in [9.17, 15) is 9.59 Å². The van der Waals surface area contributed by atoms with Crippen LogP contribution in [-0.4, -0.2) is 59.2 Å². The van der Waals surface area contributed by atoms with Gasteiger partial charge in [-0.3, -0.25) is 14.6 Å². The van der Waals surface area contributed by atoms with E-state index in [1.54, 1.807) is 5.57 Å². The highest BCUT2D eigenvalue weighted by atomic mass is 16.2. The van der Waals surface area contributed by atoms with Gasteiger partial charge in [-0.1, -0.05) is 73.1 Å². The van der Waals surface area contributed by atoms with Crippen LogP contribution in [-0.2, 0) is 9.59 Å². The highest BCUT2D eigenvalue weighted by molar-refractivity contribution is 6.04. The van der Waals surface area contributed by atoms with Gasteiger partial charge in [0.15, 0.2) is 5.78 Å². The van der Waals surface area contributed by atoms with Crippen LogP contribution >= 0.6 is 0 Å². The molecule has 5 fully saturated rings. The first-order chi connectivity index (χ1) is 22.1. The number of hydrogen-bond donors (Lipinski definition) is 0. The van der Waals surface area contributed by atoms with E-state index < -0.39 is 5.41 Å². The molecule has 0 bridgehead atoms. The number of carbonyl (C=O) groups is 2. The average molecular weight is 640 g/mol. The molecule has 2 heterocycles. The number of piperazine rings is 1. The smallest absolute Gasteiger partial charge is 0.229 e. The van der Waals surface area contributed by atoms with Crippen LogP contribution in [0.15, 0.2) is 41.6 Å². The lowest BCUT2D eigenvalue weighted by atomic mass is 9.33. The number of rotatable bonds is 3. The van der Waals surface area contributed by atoms with Gasteiger partial charge in [-0.2, -0.15) is 0 Å². The maximum absolute atomic E-state index is 14.8. The minimum atomic E-state index is -0.400. The number of hydrogen-bond acceptors (Lipinski definition) is 4. The van der Waals surface area contributed by atoms with Crippen molar-refractivity contribution in [2.45, 2.75) is 113 Å². The molecule has 1 aromatic heterocycles. The quantitative estimate of drug-likeness (QED) is 0.246. The number of pyridine rings is 1. The Morgan fingerprint density at radius 2 is 1.66 bits per heavy atom. The van der Waals surface area contributed by atoms with Gasteiger partial charge in [0.2, 0.25) is 5.91 Å². The molecule has 1 amide bonds. The molecule has 4 saturated carbocycles. The third-order valence-electron chi connectivity index (χ3n) is 15.8. The monoisotopic (exact) mass is 639 g/mol. The zero-order valence-corrected chi connectivity index (χ0v) is 30.8. The van der Waals surface area contributed by atoms with E-state index in [1.807, 2.05) is 24.4 Å². The summed E-state index contributed by atoms with van der Waals surface area (Å²) in [6, 6.07) is 5.98. The Kier molecular flexibility index (Phi) is 7.87. The van der Waals surface area contributed by atoms with Crippen LogP contribution in [0.1, 0.15) is 119 Å². The number of amides is 1. The summed E-state index contributed by atoms with van der Waals surface area (Å²) in [7, 11) is 0. The predicted molar refractivity (Wildman–Crippen MR) is 190 cm³/mol. The number of allylic oxidation sites excluding steroid dienone is 3. The van der Waals surface area contributed by atoms with E-state index in [-0.39, 0.29) is 27.1 Å². The largest absolute Gasteiger partial charge is 0.340 e. The molecule has 1 saturated heterocycles. The fraction of sp³-hybridized carbons (Fsp3) is 0.738. The van der Waals surface area contributed by atoms with Gasteiger partial charge in [0.05, 0.1) is 11.1 Å². The number of nitrogens with zero attached hydrogens (tertiary/aromatic N) is 3. The number of likely N-dealkylation sites (N-methyl/N-ethyl adjacent to an activating group) is 1. The van der Waals surface area contributed by atoms with Crippen molar-refractivity contribution in [3.63, 3.8) is 0 Å².